The van der Waals surface area contributed by atoms with Crippen molar-refractivity contribution in [2.24, 2.45) is 5.41 Å². The molecule has 0 bridgehead atoms. The smallest absolute Gasteiger partial charge is 0.219 e. The normalized spacial score (nSPS) is 31.5. The lowest BCUT2D eigenvalue weighted by Gasteiger charge is -2.31. The first kappa shape index (κ1) is 12.8. The fraction of sp³-hybridized carbons (Fsp3) is 0.923. The Morgan fingerprint density at radius 3 is 2.76 bits per heavy atom. The zero-order valence-corrected chi connectivity index (χ0v) is 11.2. The predicted octanol–water partition coefficient (Wildman–Crippen LogP) is 0.540. The molecule has 2 heterocycles. The summed E-state index contributed by atoms with van der Waals surface area (Å²) < 4.78 is 0. The van der Waals surface area contributed by atoms with Crippen molar-refractivity contribution < 1.29 is 4.79 Å². The number of nitrogens with zero attached hydrogens (tertiary/aromatic N) is 2. The maximum atomic E-state index is 11.4. The minimum atomic E-state index is 0.223. The molecule has 1 unspecified atom stereocenters. The van der Waals surface area contributed by atoms with Crippen LogP contribution in [0.3, 0.4) is 0 Å². The van der Waals surface area contributed by atoms with E-state index in [4.69, 9.17) is 0 Å². The zero-order chi connectivity index (χ0) is 12.3. The van der Waals surface area contributed by atoms with E-state index in [1.807, 2.05) is 4.90 Å². The highest BCUT2D eigenvalue weighted by molar-refractivity contribution is 5.73. The summed E-state index contributed by atoms with van der Waals surface area (Å²) in [7, 11) is 0. The van der Waals surface area contributed by atoms with Gasteiger partial charge < -0.3 is 15.1 Å². The molecule has 1 atom stereocenters. The van der Waals surface area contributed by atoms with E-state index < -0.39 is 0 Å². The fourth-order valence-corrected chi connectivity index (χ4v) is 2.99. The van der Waals surface area contributed by atoms with Crippen LogP contribution in [0.15, 0.2) is 0 Å². The van der Waals surface area contributed by atoms with Crippen LogP contribution in [0, 0.1) is 5.41 Å². The summed E-state index contributed by atoms with van der Waals surface area (Å²) in [5, 5.41) is 3.45. The summed E-state index contributed by atoms with van der Waals surface area (Å²) in [6, 6.07) is 0. The number of amides is 1. The Hall–Kier alpha value is -0.610. The lowest BCUT2D eigenvalue weighted by molar-refractivity contribution is -0.128. The zero-order valence-electron chi connectivity index (χ0n) is 11.2. The quantitative estimate of drug-likeness (QED) is 0.764. The molecule has 0 aliphatic carbocycles. The third-order valence-electron chi connectivity index (χ3n) is 4.10. The van der Waals surface area contributed by atoms with Crippen LogP contribution in [0.4, 0.5) is 0 Å². The highest BCUT2D eigenvalue weighted by atomic mass is 16.2. The second-order valence-corrected chi connectivity index (χ2v) is 5.87. The van der Waals surface area contributed by atoms with E-state index in [9.17, 15) is 4.79 Å². The number of hydrogen-bond acceptors (Lipinski definition) is 3. The number of rotatable bonds is 2. The van der Waals surface area contributed by atoms with Crippen LogP contribution in [0.2, 0.25) is 0 Å². The summed E-state index contributed by atoms with van der Waals surface area (Å²) in [6.45, 7) is 11.5. The molecular formula is C13H25N3O. The average Bonchev–Trinajstić information content (AvgIpc) is 2.56. The summed E-state index contributed by atoms with van der Waals surface area (Å²) >= 11 is 0. The molecule has 98 valence electrons. The molecule has 2 fully saturated rings. The van der Waals surface area contributed by atoms with Gasteiger partial charge in [0.2, 0.25) is 5.91 Å². The van der Waals surface area contributed by atoms with Gasteiger partial charge >= 0.3 is 0 Å². The Labute approximate surface area is 104 Å². The highest BCUT2D eigenvalue weighted by Crippen LogP contribution is 2.26. The van der Waals surface area contributed by atoms with Gasteiger partial charge in [0.1, 0.15) is 0 Å². The van der Waals surface area contributed by atoms with Crippen LogP contribution in [0.25, 0.3) is 0 Å². The van der Waals surface area contributed by atoms with Crippen LogP contribution >= 0.6 is 0 Å². The minimum absolute atomic E-state index is 0.223. The third kappa shape index (κ3) is 3.42. The standard InChI is InChI=1S/C13H25N3O/c1-12(17)16-7-3-6-15(8-9-16)11-13(2)4-5-14-10-13/h14H,3-11H2,1-2H3. The number of hydrogen-bond donors (Lipinski definition) is 1. The lowest BCUT2D eigenvalue weighted by atomic mass is 9.89. The van der Waals surface area contributed by atoms with Gasteiger partial charge in [-0.2, -0.15) is 0 Å². The van der Waals surface area contributed by atoms with Crippen molar-refractivity contribution >= 4 is 5.91 Å². The van der Waals surface area contributed by atoms with E-state index in [-0.39, 0.29) is 5.91 Å². The maximum Gasteiger partial charge on any atom is 0.219 e. The van der Waals surface area contributed by atoms with Gasteiger partial charge in [0, 0.05) is 39.6 Å². The minimum Gasteiger partial charge on any atom is -0.342 e. The average molecular weight is 239 g/mol. The van der Waals surface area contributed by atoms with Crippen LogP contribution in [-0.4, -0.2) is 61.5 Å². The molecule has 17 heavy (non-hydrogen) atoms. The molecule has 2 saturated heterocycles. The summed E-state index contributed by atoms with van der Waals surface area (Å²) in [5.41, 5.74) is 0.436. The highest BCUT2D eigenvalue weighted by Gasteiger charge is 2.31. The molecule has 2 rings (SSSR count). The van der Waals surface area contributed by atoms with Gasteiger partial charge in [0.05, 0.1) is 0 Å². The lowest BCUT2D eigenvalue weighted by Crippen LogP contribution is -2.40. The van der Waals surface area contributed by atoms with E-state index in [2.05, 4.69) is 17.1 Å². The molecule has 2 aliphatic heterocycles. The van der Waals surface area contributed by atoms with Gasteiger partial charge in [-0.15, -0.1) is 0 Å². The second-order valence-electron chi connectivity index (χ2n) is 5.87. The molecule has 0 aromatic heterocycles. The van der Waals surface area contributed by atoms with Crippen LogP contribution < -0.4 is 5.32 Å². The maximum absolute atomic E-state index is 11.4. The monoisotopic (exact) mass is 239 g/mol. The Morgan fingerprint density at radius 1 is 1.29 bits per heavy atom. The molecule has 1 amide bonds. The molecule has 0 saturated carbocycles. The van der Waals surface area contributed by atoms with Gasteiger partial charge in [-0.25, -0.2) is 0 Å². The Morgan fingerprint density at radius 2 is 2.12 bits per heavy atom. The van der Waals surface area contributed by atoms with Crippen molar-refractivity contribution in [1.82, 2.24) is 15.1 Å². The van der Waals surface area contributed by atoms with Crippen molar-refractivity contribution in [2.75, 3.05) is 45.8 Å². The predicted molar refractivity (Wildman–Crippen MR) is 68.9 cm³/mol. The van der Waals surface area contributed by atoms with Gasteiger partial charge in [0.15, 0.2) is 0 Å². The Bertz CT molecular complexity index is 274. The molecule has 0 radical (unpaired) electrons. The summed E-state index contributed by atoms with van der Waals surface area (Å²) in [4.78, 5) is 15.9. The molecule has 4 heteroatoms. The van der Waals surface area contributed by atoms with E-state index in [0.717, 1.165) is 45.7 Å². The van der Waals surface area contributed by atoms with Crippen LogP contribution in [-0.2, 0) is 4.79 Å². The second kappa shape index (κ2) is 5.36. The van der Waals surface area contributed by atoms with Gasteiger partial charge in [-0.05, 0) is 31.3 Å². The van der Waals surface area contributed by atoms with E-state index in [1.54, 1.807) is 6.92 Å². The number of carbonyl (C=O) groups is 1. The first-order chi connectivity index (χ1) is 8.09. The van der Waals surface area contributed by atoms with Crippen molar-refractivity contribution in [2.45, 2.75) is 26.7 Å². The van der Waals surface area contributed by atoms with E-state index >= 15 is 0 Å². The number of carbonyl (C=O) groups excluding carboxylic acids is 1. The molecular weight excluding hydrogens is 214 g/mol. The van der Waals surface area contributed by atoms with E-state index in [1.165, 1.54) is 13.0 Å². The van der Waals surface area contributed by atoms with Gasteiger partial charge in [-0.1, -0.05) is 6.92 Å². The van der Waals surface area contributed by atoms with Gasteiger partial charge in [0.25, 0.3) is 0 Å². The first-order valence-electron chi connectivity index (χ1n) is 6.78. The van der Waals surface area contributed by atoms with Crippen molar-refractivity contribution in [3.8, 4) is 0 Å². The van der Waals surface area contributed by atoms with Gasteiger partial charge in [-0.3, -0.25) is 4.79 Å². The molecule has 2 aliphatic rings. The first-order valence-corrected chi connectivity index (χ1v) is 6.78. The SMILES string of the molecule is CC(=O)N1CCCN(CC2(C)CCNC2)CC1. The largest absolute Gasteiger partial charge is 0.342 e. The molecule has 0 aromatic carbocycles. The van der Waals surface area contributed by atoms with E-state index in [0.29, 0.717) is 5.41 Å². The van der Waals surface area contributed by atoms with Crippen LogP contribution in [0.1, 0.15) is 26.7 Å². The van der Waals surface area contributed by atoms with Crippen molar-refractivity contribution in [1.29, 1.82) is 0 Å². The van der Waals surface area contributed by atoms with Crippen LogP contribution in [0.5, 0.6) is 0 Å². The Balaban J connectivity index is 1.84. The fourth-order valence-electron chi connectivity index (χ4n) is 2.99. The third-order valence-corrected chi connectivity index (χ3v) is 4.10. The molecule has 4 nitrogen and oxygen atoms in total. The summed E-state index contributed by atoms with van der Waals surface area (Å²) in [6.07, 6.45) is 2.39. The molecule has 0 aromatic rings. The Kier molecular flexibility index (Phi) is 4.05. The molecule has 1 N–H and O–H groups in total. The summed E-state index contributed by atoms with van der Waals surface area (Å²) in [5.74, 6) is 0.223. The van der Waals surface area contributed by atoms with Crippen molar-refractivity contribution in [3.05, 3.63) is 0 Å². The number of nitrogens with one attached hydrogen (secondary N) is 1. The van der Waals surface area contributed by atoms with Crippen molar-refractivity contribution in [3.63, 3.8) is 0 Å². The molecule has 0 spiro atoms. The topological polar surface area (TPSA) is 35.6 Å².